The van der Waals surface area contributed by atoms with Crippen LogP contribution in [0.25, 0.3) is 0 Å². The molecule has 0 radical (unpaired) electrons. The third-order valence-corrected chi connectivity index (χ3v) is 5.96. The largest absolute Gasteiger partial charge is 0.325 e. The monoisotopic (exact) mass is 292 g/mol. The lowest BCUT2D eigenvalue weighted by Crippen LogP contribution is -2.45. The van der Waals surface area contributed by atoms with Gasteiger partial charge in [0.05, 0.1) is 12.2 Å². The first-order valence-electron chi connectivity index (χ1n) is 9.25. The van der Waals surface area contributed by atoms with Gasteiger partial charge in [0.15, 0.2) is 0 Å². The standard InChI is InChI=1S/C18H32N2O/c1-3-7-15-17(21)20(13-18(10-4-2)11-12-18)16(19-15)14-8-5-6-9-14/h14-16,19H,3-13H2,1-2H3. The van der Waals surface area contributed by atoms with Crippen LogP contribution in [0.2, 0.25) is 0 Å². The van der Waals surface area contributed by atoms with Crippen LogP contribution in [-0.2, 0) is 4.79 Å². The second-order valence-corrected chi connectivity index (χ2v) is 7.71. The molecule has 2 aliphatic carbocycles. The molecule has 1 aliphatic heterocycles. The number of carbonyl (C=O) groups excluding carboxylic acids is 1. The second-order valence-electron chi connectivity index (χ2n) is 7.71. The lowest BCUT2D eigenvalue weighted by molar-refractivity contribution is -0.131. The molecule has 1 amide bonds. The fourth-order valence-corrected chi connectivity index (χ4v) is 4.60. The average Bonchev–Trinajstić information content (AvgIpc) is 2.90. The molecule has 3 rings (SSSR count). The number of amides is 1. The van der Waals surface area contributed by atoms with E-state index < -0.39 is 0 Å². The van der Waals surface area contributed by atoms with E-state index in [9.17, 15) is 4.79 Å². The van der Waals surface area contributed by atoms with Crippen LogP contribution in [0.1, 0.15) is 78.1 Å². The third-order valence-electron chi connectivity index (χ3n) is 5.96. The van der Waals surface area contributed by atoms with Crippen molar-refractivity contribution in [2.45, 2.75) is 90.3 Å². The lowest BCUT2D eigenvalue weighted by Gasteiger charge is -2.32. The lowest BCUT2D eigenvalue weighted by atomic mass is 9.97. The first-order chi connectivity index (χ1) is 10.2. The van der Waals surface area contributed by atoms with Crippen molar-refractivity contribution in [2.75, 3.05) is 6.54 Å². The third kappa shape index (κ3) is 3.13. The van der Waals surface area contributed by atoms with E-state index in [1.807, 2.05) is 0 Å². The predicted molar refractivity (Wildman–Crippen MR) is 85.9 cm³/mol. The zero-order valence-electron chi connectivity index (χ0n) is 13.9. The molecule has 3 fully saturated rings. The molecule has 21 heavy (non-hydrogen) atoms. The minimum absolute atomic E-state index is 0.0954. The number of nitrogens with one attached hydrogen (secondary N) is 1. The van der Waals surface area contributed by atoms with Crippen LogP contribution in [0.3, 0.4) is 0 Å². The van der Waals surface area contributed by atoms with E-state index >= 15 is 0 Å². The summed E-state index contributed by atoms with van der Waals surface area (Å²) < 4.78 is 0. The van der Waals surface area contributed by atoms with Gasteiger partial charge in [-0.1, -0.05) is 39.5 Å². The zero-order chi connectivity index (χ0) is 14.9. The molecule has 0 aromatic rings. The summed E-state index contributed by atoms with van der Waals surface area (Å²) in [6.07, 6.45) is 13.0. The topological polar surface area (TPSA) is 32.3 Å². The second kappa shape index (κ2) is 6.28. The highest BCUT2D eigenvalue weighted by Gasteiger charge is 2.49. The molecular weight excluding hydrogens is 260 g/mol. The van der Waals surface area contributed by atoms with Crippen LogP contribution in [0, 0.1) is 11.3 Å². The van der Waals surface area contributed by atoms with Crippen LogP contribution >= 0.6 is 0 Å². The average molecular weight is 292 g/mol. The molecule has 3 heteroatoms. The number of hydrogen-bond acceptors (Lipinski definition) is 2. The van der Waals surface area contributed by atoms with Gasteiger partial charge in [-0.25, -0.2) is 0 Å². The van der Waals surface area contributed by atoms with Crippen molar-refractivity contribution in [3.8, 4) is 0 Å². The Hall–Kier alpha value is -0.570. The SMILES string of the molecule is CCCC1NC(C2CCCC2)N(CC2(CCC)CC2)C1=O. The Morgan fingerprint density at radius 1 is 1.19 bits per heavy atom. The Bertz CT molecular complexity index is 371. The molecule has 0 aromatic carbocycles. The Morgan fingerprint density at radius 2 is 1.90 bits per heavy atom. The van der Waals surface area contributed by atoms with E-state index in [1.165, 1.54) is 51.4 Å². The molecule has 0 aromatic heterocycles. The van der Waals surface area contributed by atoms with Gasteiger partial charge in [0.1, 0.15) is 0 Å². The van der Waals surface area contributed by atoms with Crippen molar-refractivity contribution < 1.29 is 4.79 Å². The van der Waals surface area contributed by atoms with E-state index in [-0.39, 0.29) is 6.04 Å². The quantitative estimate of drug-likeness (QED) is 0.776. The van der Waals surface area contributed by atoms with E-state index in [2.05, 4.69) is 24.1 Å². The van der Waals surface area contributed by atoms with Crippen molar-refractivity contribution in [1.29, 1.82) is 0 Å². The van der Waals surface area contributed by atoms with Crippen molar-refractivity contribution in [3.05, 3.63) is 0 Å². The number of carbonyl (C=O) groups is 1. The van der Waals surface area contributed by atoms with Gasteiger partial charge in [0.25, 0.3) is 0 Å². The molecule has 0 spiro atoms. The molecule has 2 atom stereocenters. The molecule has 3 aliphatic rings. The molecule has 0 bridgehead atoms. The van der Waals surface area contributed by atoms with Crippen LogP contribution in [0.4, 0.5) is 0 Å². The number of nitrogens with zero attached hydrogens (tertiary/aromatic N) is 1. The van der Waals surface area contributed by atoms with Crippen LogP contribution in [-0.4, -0.2) is 29.6 Å². The summed E-state index contributed by atoms with van der Waals surface area (Å²) >= 11 is 0. The van der Waals surface area contributed by atoms with Gasteiger partial charge in [0.2, 0.25) is 5.91 Å². The smallest absolute Gasteiger partial charge is 0.241 e. The highest BCUT2D eigenvalue weighted by molar-refractivity contribution is 5.84. The summed E-state index contributed by atoms with van der Waals surface area (Å²) in [6.45, 7) is 5.48. The fraction of sp³-hybridized carbons (Fsp3) is 0.944. The molecule has 3 nitrogen and oxygen atoms in total. The van der Waals surface area contributed by atoms with E-state index in [0.717, 1.165) is 19.4 Å². The Labute approximate surface area is 129 Å². The van der Waals surface area contributed by atoms with Gasteiger partial charge in [-0.15, -0.1) is 0 Å². The Kier molecular flexibility index (Phi) is 4.58. The minimum Gasteiger partial charge on any atom is -0.325 e. The van der Waals surface area contributed by atoms with Crippen molar-refractivity contribution >= 4 is 5.91 Å². The highest BCUT2D eigenvalue weighted by atomic mass is 16.2. The van der Waals surface area contributed by atoms with Gasteiger partial charge < -0.3 is 4.90 Å². The van der Waals surface area contributed by atoms with Crippen molar-refractivity contribution in [1.82, 2.24) is 10.2 Å². The Morgan fingerprint density at radius 3 is 2.48 bits per heavy atom. The van der Waals surface area contributed by atoms with Crippen LogP contribution < -0.4 is 5.32 Å². The van der Waals surface area contributed by atoms with Gasteiger partial charge in [-0.3, -0.25) is 10.1 Å². The van der Waals surface area contributed by atoms with Crippen LogP contribution in [0.5, 0.6) is 0 Å². The highest BCUT2D eigenvalue weighted by Crippen LogP contribution is 2.51. The molecule has 2 unspecified atom stereocenters. The molecule has 2 saturated carbocycles. The predicted octanol–water partition coefficient (Wildman–Crippen LogP) is 3.68. The summed E-state index contributed by atoms with van der Waals surface area (Å²) in [4.78, 5) is 15.1. The van der Waals surface area contributed by atoms with E-state index in [0.29, 0.717) is 23.4 Å². The summed E-state index contributed by atoms with van der Waals surface area (Å²) in [7, 11) is 0. The van der Waals surface area contributed by atoms with Gasteiger partial charge in [-0.2, -0.15) is 0 Å². The summed E-state index contributed by atoms with van der Waals surface area (Å²) in [6, 6.07) is 0.0954. The molecular formula is C18H32N2O. The first kappa shape index (κ1) is 15.3. The molecule has 1 saturated heterocycles. The summed E-state index contributed by atoms with van der Waals surface area (Å²) in [5, 5.41) is 3.70. The maximum Gasteiger partial charge on any atom is 0.241 e. The molecule has 1 heterocycles. The van der Waals surface area contributed by atoms with Crippen molar-refractivity contribution in [3.63, 3.8) is 0 Å². The molecule has 120 valence electrons. The number of hydrogen-bond donors (Lipinski definition) is 1. The summed E-state index contributed by atoms with van der Waals surface area (Å²) in [5.41, 5.74) is 0.476. The van der Waals surface area contributed by atoms with Crippen LogP contribution in [0.15, 0.2) is 0 Å². The Balaban J connectivity index is 1.71. The maximum absolute atomic E-state index is 12.8. The molecule has 1 N–H and O–H groups in total. The normalized spacial score (nSPS) is 32.1. The van der Waals surface area contributed by atoms with Crippen molar-refractivity contribution in [2.24, 2.45) is 11.3 Å². The minimum atomic E-state index is 0.0954. The van der Waals surface area contributed by atoms with Gasteiger partial charge in [0, 0.05) is 6.54 Å². The fourth-order valence-electron chi connectivity index (χ4n) is 4.60. The van der Waals surface area contributed by atoms with E-state index in [1.54, 1.807) is 0 Å². The van der Waals surface area contributed by atoms with E-state index in [4.69, 9.17) is 0 Å². The number of rotatable bonds is 7. The summed E-state index contributed by atoms with van der Waals surface area (Å²) in [5.74, 6) is 1.10. The zero-order valence-corrected chi connectivity index (χ0v) is 13.9. The van der Waals surface area contributed by atoms with Gasteiger partial charge >= 0.3 is 0 Å². The van der Waals surface area contributed by atoms with Gasteiger partial charge in [-0.05, 0) is 49.9 Å². The maximum atomic E-state index is 12.8. The first-order valence-corrected chi connectivity index (χ1v) is 9.25.